The first kappa shape index (κ1) is 13.6. The molecule has 0 amide bonds. The predicted molar refractivity (Wildman–Crippen MR) is 76.6 cm³/mol. The molecule has 1 aromatic carbocycles. The van der Waals surface area contributed by atoms with E-state index in [1.54, 1.807) is 21.3 Å². The fraction of sp³-hybridized carbons (Fsp3) is 0.467. The van der Waals surface area contributed by atoms with Crippen molar-refractivity contribution in [2.75, 3.05) is 21.3 Å². The van der Waals surface area contributed by atoms with Gasteiger partial charge in [0.15, 0.2) is 11.5 Å². The van der Waals surface area contributed by atoms with Crippen LogP contribution in [0, 0.1) is 0 Å². The summed E-state index contributed by atoms with van der Waals surface area (Å²) in [5.74, 6) is 2.01. The van der Waals surface area contributed by atoms with Gasteiger partial charge in [0.05, 0.1) is 26.8 Å². The number of aromatic amines is 1. The first-order chi connectivity index (χ1) is 9.24. The quantitative estimate of drug-likeness (QED) is 0.867. The van der Waals surface area contributed by atoms with Crippen LogP contribution in [0.15, 0.2) is 12.1 Å². The molecule has 1 heterocycles. The Morgan fingerprint density at radius 3 is 2.32 bits per heavy atom. The van der Waals surface area contributed by atoms with Crippen molar-refractivity contribution in [2.24, 2.45) is 0 Å². The summed E-state index contributed by atoms with van der Waals surface area (Å²) in [6.07, 6.45) is 3.39. The molecule has 2 aromatic rings. The lowest BCUT2D eigenvalue weighted by Gasteiger charge is -2.12. The van der Waals surface area contributed by atoms with E-state index in [-0.39, 0.29) is 0 Å². The van der Waals surface area contributed by atoms with Gasteiger partial charge >= 0.3 is 0 Å². The monoisotopic (exact) mass is 263 g/mol. The smallest absolute Gasteiger partial charge is 0.205 e. The number of unbranched alkanes of at least 4 members (excludes halogenated alkanes) is 1. The van der Waals surface area contributed by atoms with Crippen LogP contribution in [0.3, 0.4) is 0 Å². The first-order valence-corrected chi connectivity index (χ1v) is 6.55. The number of H-pyrrole nitrogens is 1. The Morgan fingerprint density at radius 2 is 1.74 bits per heavy atom. The summed E-state index contributed by atoms with van der Waals surface area (Å²) in [6.45, 7) is 2.19. The molecule has 0 aliphatic carbocycles. The standard InChI is InChI=1S/C15H21NO3/c1-5-6-7-11-8-10-9-12(17-2)14(18-3)15(19-4)13(10)16-11/h8-9,16H,5-7H2,1-4H3. The summed E-state index contributed by atoms with van der Waals surface area (Å²) >= 11 is 0. The lowest BCUT2D eigenvalue weighted by molar-refractivity contribution is 0.327. The Kier molecular flexibility index (Phi) is 4.20. The molecule has 1 N–H and O–H groups in total. The van der Waals surface area contributed by atoms with Crippen LogP contribution in [-0.4, -0.2) is 26.3 Å². The van der Waals surface area contributed by atoms with Crippen molar-refractivity contribution in [3.05, 3.63) is 17.8 Å². The van der Waals surface area contributed by atoms with Crippen molar-refractivity contribution in [3.63, 3.8) is 0 Å². The number of methoxy groups -OCH3 is 3. The van der Waals surface area contributed by atoms with Crippen LogP contribution in [0.4, 0.5) is 0 Å². The van der Waals surface area contributed by atoms with Crippen LogP contribution < -0.4 is 14.2 Å². The van der Waals surface area contributed by atoms with E-state index in [0.29, 0.717) is 17.2 Å². The lowest BCUT2D eigenvalue weighted by atomic mass is 10.2. The van der Waals surface area contributed by atoms with Crippen LogP contribution in [0.1, 0.15) is 25.5 Å². The van der Waals surface area contributed by atoms with E-state index >= 15 is 0 Å². The molecule has 0 saturated heterocycles. The topological polar surface area (TPSA) is 43.5 Å². The number of benzene rings is 1. The fourth-order valence-electron chi connectivity index (χ4n) is 2.30. The lowest BCUT2D eigenvalue weighted by Crippen LogP contribution is -1.95. The Labute approximate surface area is 113 Å². The van der Waals surface area contributed by atoms with Crippen LogP contribution in [0.2, 0.25) is 0 Å². The highest BCUT2D eigenvalue weighted by Crippen LogP contribution is 2.43. The minimum atomic E-state index is 0.626. The SMILES string of the molecule is CCCCc1cc2cc(OC)c(OC)c(OC)c2[nH]1. The molecule has 4 heteroatoms. The van der Waals surface area contributed by atoms with E-state index in [0.717, 1.165) is 17.3 Å². The first-order valence-electron chi connectivity index (χ1n) is 6.55. The van der Waals surface area contributed by atoms with Crippen LogP contribution in [0.25, 0.3) is 10.9 Å². The largest absolute Gasteiger partial charge is 0.493 e. The molecule has 19 heavy (non-hydrogen) atoms. The molecule has 0 spiro atoms. The van der Waals surface area contributed by atoms with Crippen molar-refractivity contribution < 1.29 is 14.2 Å². The van der Waals surface area contributed by atoms with E-state index in [4.69, 9.17) is 14.2 Å². The van der Waals surface area contributed by atoms with Gasteiger partial charge in [-0.15, -0.1) is 0 Å². The van der Waals surface area contributed by atoms with Crippen molar-refractivity contribution in [2.45, 2.75) is 26.2 Å². The maximum atomic E-state index is 5.47. The zero-order chi connectivity index (χ0) is 13.8. The number of hydrogen-bond acceptors (Lipinski definition) is 3. The van der Waals surface area contributed by atoms with E-state index in [2.05, 4.69) is 18.0 Å². The van der Waals surface area contributed by atoms with E-state index < -0.39 is 0 Å². The van der Waals surface area contributed by atoms with Gasteiger partial charge in [0.25, 0.3) is 0 Å². The average molecular weight is 263 g/mol. The third-order valence-corrected chi connectivity index (χ3v) is 3.28. The third-order valence-electron chi connectivity index (χ3n) is 3.28. The van der Waals surface area contributed by atoms with Crippen molar-refractivity contribution in [3.8, 4) is 17.2 Å². The Balaban J connectivity index is 2.56. The third kappa shape index (κ3) is 2.48. The fourth-order valence-corrected chi connectivity index (χ4v) is 2.30. The predicted octanol–water partition coefficient (Wildman–Crippen LogP) is 3.54. The highest BCUT2D eigenvalue weighted by atomic mass is 16.5. The summed E-state index contributed by atoms with van der Waals surface area (Å²) in [4.78, 5) is 3.42. The van der Waals surface area contributed by atoms with Crippen molar-refractivity contribution in [1.29, 1.82) is 0 Å². The second-order valence-electron chi connectivity index (χ2n) is 4.51. The average Bonchev–Trinajstić information content (AvgIpc) is 2.85. The van der Waals surface area contributed by atoms with Gasteiger partial charge < -0.3 is 19.2 Å². The molecule has 0 fully saturated rings. The number of ether oxygens (including phenoxy) is 3. The summed E-state index contributed by atoms with van der Waals surface area (Å²) in [6, 6.07) is 4.12. The maximum absolute atomic E-state index is 5.47. The minimum Gasteiger partial charge on any atom is -0.493 e. The van der Waals surface area contributed by atoms with Crippen molar-refractivity contribution in [1.82, 2.24) is 4.98 Å². The van der Waals surface area contributed by atoms with E-state index in [1.807, 2.05) is 6.07 Å². The van der Waals surface area contributed by atoms with Gasteiger partial charge in [-0.1, -0.05) is 13.3 Å². The normalized spacial score (nSPS) is 10.7. The van der Waals surface area contributed by atoms with Gasteiger partial charge in [0.2, 0.25) is 5.75 Å². The molecule has 0 aliphatic heterocycles. The van der Waals surface area contributed by atoms with Gasteiger partial charge in [-0.2, -0.15) is 0 Å². The number of nitrogens with one attached hydrogen (secondary N) is 1. The summed E-state index contributed by atoms with van der Waals surface area (Å²) < 4.78 is 16.2. The number of aromatic nitrogens is 1. The van der Waals surface area contributed by atoms with E-state index in [1.165, 1.54) is 18.5 Å². The Morgan fingerprint density at radius 1 is 1.00 bits per heavy atom. The molecule has 0 atom stereocenters. The molecule has 4 nitrogen and oxygen atoms in total. The maximum Gasteiger partial charge on any atom is 0.205 e. The molecule has 0 bridgehead atoms. The molecule has 1 aromatic heterocycles. The molecule has 0 aliphatic rings. The summed E-state index contributed by atoms with van der Waals surface area (Å²) in [7, 11) is 4.89. The van der Waals surface area contributed by atoms with E-state index in [9.17, 15) is 0 Å². The zero-order valence-electron chi connectivity index (χ0n) is 12.0. The number of fused-ring (bicyclic) bond motifs is 1. The second kappa shape index (κ2) is 5.87. The zero-order valence-corrected chi connectivity index (χ0v) is 12.0. The number of hydrogen-bond donors (Lipinski definition) is 1. The minimum absolute atomic E-state index is 0.626. The molecule has 2 rings (SSSR count). The van der Waals surface area contributed by atoms with Crippen LogP contribution in [-0.2, 0) is 6.42 Å². The van der Waals surface area contributed by atoms with Gasteiger partial charge in [-0.05, 0) is 25.0 Å². The molecule has 0 saturated carbocycles. The molecular formula is C15H21NO3. The molecule has 104 valence electrons. The van der Waals surface area contributed by atoms with Gasteiger partial charge in [-0.3, -0.25) is 0 Å². The highest BCUT2D eigenvalue weighted by Gasteiger charge is 2.17. The van der Waals surface area contributed by atoms with Crippen molar-refractivity contribution >= 4 is 10.9 Å². The summed E-state index contributed by atoms with van der Waals surface area (Å²) in [5, 5.41) is 1.08. The Hall–Kier alpha value is -1.84. The second-order valence-corrected chi connectivity index (χ2v) is 4.51. The van der Waals surface area contributed by atoms with Gasteiger partial charge in [0, 0.05) is 11.1 Å². The molecule has 0 unspecified atom stereocenters. The highest BCUT2D eigenvalue weighted by molar-refractivity contribution is 5.91. The molecular weight excluding hydrogens is 242 g/mol. The van der Waals surface area contributed by atoms with Gasteiger partial charge in [0.1, 0.15) is 0 Å². The number of rotatable bonds is 6. The van der Waals surface area contributed by atoms with Gasteiger partial charge in [-0.25, -0.2) is 0 Å². The Bertz CT molecular complexity index is 560. The van der Waals surface area contributed by atoms with Crippen LogP contribution >= 0.6 is 0 Å². The molecule has 0 radical (unpaired) electrons. The summed E-state index contributed by atoms with van der Waals surface area (Å²) in [5.41, 5.74) is 2.18. The van der Waals surface area contributed by atoms with Crippen LogP contribution in [0.5, 0.6) is 17.2 Å². The number of aryl methyl sites for hydroxylation is 1.